The van der Waals surface area contributed by atoms with Crippen molar-refractivity contribution in [1.29, 1.82) is 0 Å². The molecule has 23 heavy (non-hydrogen) atoms. The van der Waals surface area contributed by atoms with Gasteiger partial charge in [0.2, 0.25) is 0 Å². The zero-order valence-corrected chi connectivity index (χ0v) is 13.9. The molecule has 0 aromatic heterocycles. The van der Waals surface area contributed by atoms with Crippen molar-refractivity contribution in [2.24, 2.45) is 0 Å². The first-order valence-electron chi connectivity index (χ1n) is 7.92. The van der Waals surface area contributed by atoms with Crippen LogP contribution in [0.4, 0.5) is 0 Å². The molecule has 2 aromatic rings. The van der Waals surface area contributed by atoms with Crippen LogP contribution in [0.3, 0.4) is 0 Å². The normalized spacial score (nSPS) is 23.4. The van der Waals surface area contributed by atoms with E-state index in [-0.39, 0.29) is 16.6 Å². The quantitative estimate of drug-likeness (QED) is 0.811. The van der Waals surface area contributed by atoms with Crippen LogP contribution in [0, 0.1) is 0 Å². The minimum atomic E-state index is -3.70. The fourth-order valence-corrected chi connectivity index (χ4v) is 5.55. The first kappa shape index (κ1) is 15.9. The highest BCUT2D eigenvalue weighted by Crippen LogP contribution is 2.59. The first-order chi connectivity index (χ1) is 11.0. The fourth-order valence-electron chi connectivity index (χ4n) is 3.32. The maximum absolute atomic E-state index is 13.2. The summed E-state index contributed by atoms with van der Waals surface area (Å²) in [6, 6.07) is 17.8. The average Bonchev–Trinajstić information content (AvgIpc) is 3.34. The van der Waals surface area contributed by atoms with Crippen LogP contribution in [0.1, 0.15) is 37.7 Å². The Morgan fingerprint density at radius 2 is 1.61 bits per heavy atom. The fraction of sp³-hybridized carbons (Fsp3) is 0.316. The zero-order chi connectivity index (χ0) is 16.5. The van der Waals surface area contributed by atoms with E-state index in [1.54, 1.807) is 30.3 Å². The van der Waals surface area contributed by atoms with E-state index in [4.69, 9.17) is 0 Å². The summed E-state index contributed by atoms with van der Waals surface area (Å²) in [6.45, 7) is 1.90. The van der Waals surface area contributed by atoms with Crippen molar-refractivity contribution in [3.05, 3.63) is 66.2 Å². The molecule has 0 aliphatic heterocycles. The standard InChI is InChI=1S/C19H20O3S/c1-2-9-18(20)19(14-17(19)15-10-5-3-6-11-15)23(21,22)16-12-7-4-8-13-16/h3-8,10-13,17H,2,9,14H2,1H3/t17-,19-/m0/s1. The second kappa shape index (κ2) is 5.93. The van der Waals surface area contributed by atoms with Crippen LogP contribution < -0.4 is 0 Å². The van der Waals surface area contributed by atoms with Crippen LogP contribution in [0.5, 0.6) is 0 Å². The molecule has 120 valence electrons. The highest BCUT2D eigenvalue weighted by atomic mass is 32.2. The van der Waals surface area contributed by atoms with Crippen LogP contribution in [0.25, 0.3) is 0 Å². The van der Waals surface area contributed by atoms with Crippen molar-refractivity contribution in [2.45, 2.75) is 41.7 Å². The van der Waals surface area contributed by atoms with E-state index in [2.05, 4.69) is 0 Å². The summed E-state index contributed by atoms with van der Waals surface area (Å²) in [6.07, 6.45) is 1.34. The molecule has 0 spiro atoms. The van der Waals surface area contributed by atoms with Crippen LogP contribution >= 0.6 is 0 Å². The number of hydrogen-bond donors (Lipinski definition) is 0. The smallest absolute Gasteiger partial charge is 0.191 e. The van der Waals surface area contributed by atoms with E-state index in [0.717, 1.165) is 5.56 Å². The highest BCUT2D eigenvalue weighted by Gasteiger charge is 2.68. The molecule has 3 nitrogen and oxygen atoms in total. The van der Waals surface area contributed by atoms with Gasteiger partial charge in [0.15, 0.2) is 15.6 Å². The number of sulfone groups is 1. The van der Waals surface area contributed by atoms with Crippen LogP contribution in [-0.4, -0.2) is 18.9 Å². The van der Waals surface area contributed by atoms with Crippen molar-refractivity contribution in [1.82, 2.24) is 0 Å². The Bertz CT molecular complexity index is 797. The van der Waals surface area contributed by atoms with Crippen molar-refractivity contribution < 1.29 is 13.2 Å². The third-order valence-electron chi connectivity index (χ3n) is 4.59. The molecule has 0 N–H and O–H groups in total. The third-order valence-corrected chi connectivity index (χ3v) is 7.12. The van der Waals surface area contributed by atoms with Gasteiger partial charge in [-0.3, -0.25) is 4.79 Å². The van der Waals surface area contributed by atoms with Gasteiger partial charge in [-0.2, -0.15) is 0 Å². The predicted octanol–water partition coefficient (Wildman–Crippen LogP) is 3.76. The maximum atomic E-state index is 13.2. The molecule has 1 saturated carbocycles. The number of rotatable bonds is 6. The van der Waals surface area contributed by atoms with Gasteiger partial charge in [-0.25, -0.2) is 8.42 Å². The third kappa shape index (κ3) is 2.51. The molecule has 1 fully saturated rings. The van der Waals surface area contributed by atoms with Crippen molar-refractivity contribution >= 4 is 15.6 Å². The number of ketones is 1. The maximum Gasteiger partial charge on any atom is 0.191 e. The lowest BCUT2D eigenvalue weighted by molar-refractivity contribution is -0.119. The predicted molar refractivity (Wildman–Crippen MR) is 90.1 cm³/mol. The van der Waals surface area contributed by atoms with E-state index < -0.39 is 14.6 Å². The Morgan fingerprint density at radius 1 is 1.04 bits per heavy atom. The summed E-state index contributed by atoms with van der Waals surface area (Å²) >= 11 is 0. The Hall–Kier alpha value is -1.94. The summed E-state index contributed by atoms with van der Waals surface area (Å²) < 4.78 is 25.1. The molecule has 0 heterocycles. The molecule has 0 bridgehead atoms. The van der Waals surface area contributed by atoms with E-state index in [0.29, 0.717) is 19.3 Å². The minimum Gasteiger partial charge on any atom is -0.298 e. The van der Waals surface area contributed by atoms with Crippen molar-refractivity contribution in [3.63, 3.8) is 0 Å². The molecule has 2 aromatic carbocycles. The minimum absolute atomic E-state index is 0.155. The van der Waals surface area contributed by atoms with Crippen LogP contribution in [0.2, 0.25) is 0 Å². The summed E-state index contributed by atoms with van der Waals surface area (Å²) in [5.74, 6) is -0.398. The van der Waals surface area contributed by atoms with Gasteiger partial charge in [-0.05, 0) is 30.5 Å². The molecular formula is C19H20O3S. The molecule has 2 atom stereocenters. The average molecular weight is 328 g/mol. The SMILES string of the molecule is CCCC(=O)[C@]1(S(=O)(=O)c2ccccc2)C[C@H]1c1ccccc1. The summed E-state index contributed by atoms with van der Waals surface area (Å²) in [5.41, 5.74) is 0.927. The van der Waals surface area contributed by atoms with Gasteiger partial charge < -0.3 is 0 Å². The lowest BCUT2D eigenvalue weighted by Crippen LogP contribution is -2.34. The van der Waals surface area contributed by atoms with E-state index in [9.17, 15) is 13.2 Å². The second-order valence-corrected chi connectivity index (χ2v) is 8.25. The van der Waals surface area contributed by atoms with E-state index in [1.165, 1.54) is 0 Å². The zero-order valence-electron chi connectivity index (χ0n) is 13.1. The van der Waals surface area contributed by atoms with Gasteiger partial charge >= 0.3 is 0 Å². The Kier molecular flexibility index (Phi) is 4.11. The topological polar surface area (TPSA) is 51.2 Å². The molecule has 0 saturated heterocycles. The molecule has 0 amide bonds. The number of Topliss-reactive ketones (excluding diaryl/α,β-unsaturated/α-hetero) is 1. The molecule has 3 rings (SSSR count). The lowest BCUT2D eigenvalue weighted by Gasteiger charge is -2.17. The first-order valence-corrected chi connectivity index (χ1v) is 9.40. The molecule has 0 radical (unpaired) electrons. The molecule has 4 heteroatoms. The monoisotopic (exact) mass is 328 g/mol. The highest BCUT2D eigenvalue weighted by molar-refractivity contribution is 7.94. The Balaban J connectivity index is 2.07. The van der Waals surface area contributed by atoms with Crippen LogP contribution in [0.15, 0.2) is 65.6 Å². The van der Waals surface area contributed by atoms with E-state index in [1.807, 2.05) is 37.3 Å². The lowest BCUT2D eigenvalue weighted by atomic mass is 10.0. The summed E-state index contributed by atoms with van der Waals surface area (Å²) in [4.78, 5) is 13.0. The molecule has 0 unspecified atom stereocenters. The number of carbonyl (C=O) groups is 1. The Morgan fingerprint density at radius 3 is 2.17 bits per heavy atom. The summed E-state index contributed by atoms with van der Waals surface area (Å²) in [5, 5.41) is 0. The largest absolute Gasteiger partial charge is 0.298 e. The Labute approximate surface area is 137 Å². The molecule has 1 aliphatic rings. The van der Waals surface area contributed by atoms with E-state index >= 15 is 0 Å². The number of benzene rings is 2. The van der Waals surface area contributed by atoms with Gasteiger partial charge in [-0.1, -0.05) is 55.5 Å². The molecular weight excluding hydrogens is 308 g/mol. The number of hydrogen-bond acceptors (Lipinski definition) is 3. The van der Waals surface area contributed by atoms with Crippen molar-refractivity contribution in [3.8, 4) is 0 Å². The van der Waals surface area contributed by atoms with Crippen LogP contribution in [-0.2, 0) is 14.6 Å². The second-order valence-electron chi connectivity index (χ2n) is 6.05. The van der Waals surface area contributed by atoms with Gasteiger partial charge in [0.05, 0.1) is 4.90 Å². The van der Waals surface area contributed by atoms with Gasteiger partial charge in [0.25, 0.3) is 0 Å². The number of carbonyl (C=O) groups excluding carboxylic acids is 1. The van der Waals surface area contributed by atoms with Gasteiger partial charge in [0, 0.05) is 12.3 Å². The van der Waals surface area contributed by atoms with Gasteiger partial charge in [0.1, 0.15) is 4.75 Å². The van der Waals surface area contributed by atoms with Gasteiger partial charge in [-0.15, -0.1) is 0 Å². The molecule has 1 aliphatic carbocycles. The summed E-state index contributed by atoms with van der Waals surface area (Å²) in [7, 11) is -3.70. The van der Waals surface area contributed by atoms with Crippen molar-refractivity contribution in [2.75, 3.05) is 0 Å².